The van der Waals surface area contributed by atoms with Crippen molar-refractivity contribution in [2.45, 2.75) is 71.1 Å². The number of nitrogens with zero attached hydrogens (tertiary/aromatic N) is 2. The number of carbonyl (C=O) groups is 1. The van der Waals surface area contributed by atoms with E-state index in [0.717, 1.165) is 54.9 Å². The quantitative estimate of drug-likeness (QED) is 0.824. The molecule has 2 aliphatic carbocycles. The second-order valence-corrected chi connectivity index (χ2v) is 10.6. The molecule has 2 aromatic rings. The Morgan fingerprint density at radius 3 is 2.90 bits per heavy atom. The van der Waals surface area contributed by atoms with Gasteiger partial charge in [0.2, 0.25) is 5.91 Å². The first-order chi connectivity index (χ1) is 14.1. The highest BCUT2D eigenvalue weighted by atomic mass is 32.1. The number of amides is 1. The molecule has 0 aromatic carbocycles. The third-order valence-corrected chi connectivity index (χ3v) is 8.58. The SMILES string of the molecule is C[C@H]1CCc2c(sc3nc(CCC(=O)N4CC[C@@H]5CCCC[C@@H]5C4)[nH]c(=O)c23)C1. The first kappa shape index (κ1) is 19.3. The van der Waals surface area contributed by atoms with Crippen LogP contribution in [0.1, 0.15) is 68.1 Å². The van der Waals surface area contributed by atoms with Gasteiger partial charge in [0.15, 0.2) is 0 Å². The minimum atomic E-state index is -0.0208. The van der Waals surface area contributed by atoms with Gasteiger partial charge in [0.25, 0.3) is 5.56 Å². The molecule has 0 radical (unpaired) electrons. The van der Waals surface area contributed by atoms with Crippen molar-refractivity contribution in [3.63, 3.8) is 0 Å². The normalized spacial score (nSPS) is 26.9. The molecular weight excluding hydrogens is 382 g/mol. The lowest BCUT2D eigenvalue weighted by atomic mass is 9.75. The van der Waals surface area contributed by atoms with Crippen LogP contribution in [0.15, 0.2) is 4.79 Å². The number of thiophene rings is 1. The Morgan fingerprint density at radius 1 is 1.21 bits per heavy atom. The maximum atomic E-state index is 12.8. The fourth-order valence-electron chi connectivity index (χ4n) is 5.72. The molecule has 0 bridgehead atoms. The number of aromatic nitrogens is 2. The molecule has 3 atom stereocenters. The Hall–Kier alpha value is -1.69. The van der Waals surface area contributed by atoms with Crippen LogP contribution in [0.5, 0.6) is 0 Å². The van der Waals surface area contributed by atoms with Gasteiger partial charge in [0, 0.05) is 30.8 Å². The van der Waals surface area contributed by atoms with E-state index in [2.05, 4.69) is 16.8 Å². The molecule has 3 heterocycles. The Labute approximate surface area is 175 Å². The summed E-state index contributed by atoms with van der Waals surface area (Å²) in [5.74, 6) is 3.10. The predicted molar refractivity (Wildman–Crippen MR) is 116 cm³/mol. The summed E-state index contributed by atoms with van der Waals surface area (Å²) in [6.45, 7) is 4.11. The highest BCUT2D eigenvalue weighted by molar-refractivity contribution is 7.18. The van der Waals surface area contributed by atoms with E-state index >= 15 is 0 Å². The molecule has 0 unspecified atom stereocenters. The number of fused-ring (bicyclic) bond motifs is 4. The summed E-state index contributed by atoms with van der Waals surface area (Å²) >= 11 is 1.68. The van der Waals surface area contributed by atoms with Crippen LogP contribution in [-0.2, 0) is 24.1 Å². The van der Waals surface area contributed by atoms with E-state index in [1.165, 1.54) is 36.1 Å². The average molecular weight is 414 g/mol. The maximum absolute atomic E-state index is 12.8. The van der Waals surface area contributed by atoms with Crippen LogP contribution in [0, 0.1) is 17.8 Å². The summed E-state index contributed by atoms with van der Waals surface area (Å²) in [7, 11) is 0. The number of hydrogen-bond acceptors (Lipinski definition) is 4. The lowest BCUT2D eigenvalue weighted by Crippen LogP contribution is -2.44. The molecule has 1 aliphatic heterocycles. The van der Waals surface area contributed by atoms with Crippen LogP contribution in [0.4, 0.5) is 0 Å². The summed E-state index contributed by atoms with van der Waals surface area (Å²) < 4.78 is 0. The number of hydrogen-bond donors (Lipinski definition) is 1. The van der Waals surface area contributed by atoms with E-state index in [0.29, 0.717) is 30.5 Å². The molecule has 5 rings (SSSR count). The third-order valence-electron chi connectivity index (χ3n) is 7.43. The van der Waals surface area contributed by atoms with Gasteiger partial charge in [0.05, 0.1) is 5.39 Å². The molecule has 3 aliphatic rings. The molecule has 5 nitrogen and oxygen atoms in total. The topological polar surface area (TPSA) is 66.1 Å². The Bertz CT molecular complexity index is 978. The number of carbonyl (C=O) groups excluding carboxylic acids is 1. The van der Waals surface area contributed by atoms with Gasteiger partial charge in [-0.2, -0.15) is 0 Å². The molecular formula is C23H31N3O2S. The van der Waals surface area contributed by atoms with Crippen LogP contribution in [0.2, 0.25) is 0 Å². The monoisotopic (exact) mass is 413 g/mol. The van der Waals surface area contributed by atoms with Gasteiger partial charge in [-0.1, -0.05) is 26.2 Å². The summed E-state index contributed by atoms with van der Waals surface area (Å²) in [6, 6.07) is 0. The van der Waals surface area contributed by atoms with E-state index in [4.69, 9.17) is 4.98 Å². The van der Waals surface area contributed by atoms with Gasteiger partial charge in [-0.25, -0.2) is 4.98 Å². The number of aryl methyl sites for hydroxylation is 2. The fraction of sp³-hybridized carbons (Fsp3) is 0.696. The largest absolute Gasteiger partial charge is 0.342 e. The first-order valence-electron chi connectivity index (χ1n) is 11.4. The molecule has 6 heteroatoms. The average Bonchev–Trinajstić information content (AvgIpc) is 3.09. The molecule has 1 amide bonds. The molecule has 29 heavy (non-hydrogen) atoms. The molecule has 2 aromatic heterocycles. The summed E-state index contributed by atoms with van der Waals surface area (Å²) in [5, 5.41) is 0.798. The number of nitrogens with one attached hydrogen (secondary N) is 1. The molecule has 2 fully saturated rings. The second-order valence-electron chi connectivity index (χ2n) is 9.48. The highest BCUT2D eigenvalue weighted by Crippen LogP contribution is 2.37. The third kappa shape index (κ3) is 3.76. The van der Waals surface area contributed by atoms with Crippen molar-refractivity contribution in [1.82, 2.24) is 14.9 Å². The zero-order chi connectivity index (χ0) is 20.0. The van der Waals surface area contributed by atoms with Crippen LogP contribution in [0.25, 0.3) is 10.2 Å². The molecule has 1 saturated heterocycles. The molecule has 1 N–H and O–H groups in total. The van der Waals surface area contributed by atoms with Crippen molar-refractivity contribution in [2.24, 2.45) is 17.8 Å². The number of piperidine rings is 1. The zero-order valence-electron chi connectivity index (χ0n) is 17.3. The van der Waals surface area contributed by atoms with Crippen molar-refractivity contribution in [3.05, 3.63) is 26.6 Å². The van der Waals surface area contributed by atoms with Gasteiger partial charge >= 0.3 is 0 Å². The minimum Gasteiger partial charge on any atom is -0.342 e. The van der Waals surface area contributed by atoms with E-state index in [1.807, 2.05) is 0 Å². The Balaban J connectivity index is 1.27. The zero-order valence-corrected chi connectivity index (χ0v) is 18.2. The van der Waals surface area contributed by atoms with E-state index < -0.39 is 0 Å². The number of H-pyrrole nitrogens is 1. The van der Waals surface area contributed by atoms with Crippen LogP contribution >= 0.6 is 11.3 Å². The van der Waals surface area contributed by atoms with E-state index in [1.54, 1.807) is 11.3 Å². The van der Waals surface area contributed by atoms with Gasteiger partial charge in [0.1, 0.15) is 10.7 Å². The highest BCUT2D eigenvalue weighted by Gasteiger charge is 2.32. The number of aromatic amines is 1. The van der Waals surface area contributed by atoms with Crippen LogP contribution in [0.3, 0.4) is 0 Å². The minimum absolute atomic E-state index is 0.0208. The Morgan fingerprint density at radius 2 is 2.03 bits per heavy atom. The Kier molecular flexibility index (Phi) is 5.23. The van der Waals surface area contributed by atoms with E-state index in [-0.39, 0.29) is 11.5 Å². The van der Waals surface area contributed by atoms with Crippen molar-refractivity contribution >= 4 is 27.5 Å². The van der Waals surface area contributed by atoms with Gasteiger partial charge in [-0.15, -0.1) is 11.3 Å². The van der Waals surface area contributed by atoms with Crippen LogP contribution < -0.4 is 5.56 Å². The van der Waals surface area contributed by atoms with E-state index in [9.17, 15) is 9.59 Å². The first-order valence-corrected chi connectivity index (χ1v) is 12.2. The van der Waals surface area contributed by atoms with Crippen molar-refractivity contribution in [2.75, 3.05) is 13.1 Å². The maximum Gasteiger partial charge on any atom is 0.259 e. The summed E-state index contributed by atoms with van der Waals surface area (Å²) in [4.78, 5) is 37.5. The molecule has 156 valence electrons. The number of rotatable bonds is 3. The molecule has 1 saturated carbocycles. The summed E-state index contributed by atoms with van der Waals surface area (Å²) in [6.07, 6.45) is 10.6. The lowest BCUT2D eigenvalue weighted by Gasteiger charge is -2.41. The van der Waals surface area contributed by atoms with Crippen molar-refractivity contribution in [1.29, 1.82) is 0 Å². The summed E-state index contributed by atoms with van der Waals surface area (Å²) in [5.41, 5.74) is 1.20. The fourth-order valence-corrected chi connectivity index (χ4v) is 7.12. The van der Waals surface area contributed by atoms with Crippen molar-refractivity contribution < 1.29 is 4.79 Å². The second kappa shape index (κ2) is 7.86. The van der Waals surface area contributed by atoms with Gasteiger partial charge in [-0.3, -0.25) is 9.59 Å². The van der Waals surface area contributed by atoms with Gasteiger partial charge in [-0.05, 0) is 55.4 Å². The molecule has 0 spiro atoms. The van der Waals surface area contributed by atoms with Crippen LogP contribution in [-0.4, -0.2) is 33.9 Å². The number of likely N-dealkylation sites (tertiary alicyclic amines) is 1. The van der Waals surface area contributed by atoms with Crippen molar-refractivity contribution in [3.8, 4) is 0 Å². The standard InChI is InChI=1S/C23H31N3O2S/c1-14-6-7-17-18(12-14)29-23-21(17)22(28)24-19(25-23)8-9-20(27)26-11-10-15-4-2-3-5-16(15)13-26/h14-16H,2-13H2,1H3,(H,24,25,28)/t14-,15-,16+/m0/s1. The van der Waals surface area contributed by atoms with Gasteiger partial charge < -0.3 is 9.88 Å². The predicted octanol–water partition coefficient (Wildman–Crippen LogP) is 4.08. The smallest absolute Gasteiger partial charge is 0.259 e. The lowest BCUT2D eigenvalue weighted by molar-refractivity contribution is -0.134.